The van der Waals surface area contributed by atoms with Crippen molar-refractivity contribution < 1.29 is 29.3 Å². The number of aliphatic hydroxyl groups is 2. The topological polar surface area (TPSA) is 93.1 Å². The number of hydrogen-bond donors (Lipinski definition) is 2. The molecular formula is C20H26O6. The fourth-order valence-corrected chi connectivity index (χ4v) is 3.22. The predicted octanol–water partition coefficient (Wildman–Crippen LogP) is 1.98. The second kappa shape index (κ2) is 8.47. The van der Waals surface area contributed by atoms with Crippen molar-refractivity contribution in [1.82, 2.24) is 0 Å². The Morgan fingerprint density at radius 2 is 2.12 bits per heavy atom. The van der Waals surface area contributed by atoms with E-state index in [1.807, 2.05) is 6.92 Å². The summed E-state index contributed by atoms with van der Waals surface area (Å²) in [5.41, 5.74) is 2.05. The minimum atomic E-state index is -0.779. The Labute approximate surface area is 153 Å². The molecule has 26 heavy (non-hydrogen) atoms. The Morgan fingerprint density at radius 3 is 2.73 bits per heavy atom. The zero-order valence-electron chi connectivity index (χ0n) is 15.4. The van der Waals surface area contributed by atoms with E-state index in [9.17, 15) is 19.8 Å². The molecule has 2 N–H and O–H groups in total. The summed E-state index contributed by atoms with van der Waals surface area (Å²) in [4.78, 5) is 24.4. The maximum absolute atomic E-state index is 12.3. The first kappa shape index (κ1) is 20.1. The highest BCUT2D eigenvalue weighted by molar-refractivity contribution is 5.92. The average molecular weight is 362 g/mol. The van der Waals surface area contributed by atoms with Crippen molar-refractivity contribution in [3.63, 3.8) is 0 Å². The van der Waals surface area contributed by atoms with Gasteiger partial charge in [0.2, 0.25) is 0 Å². The van der Waals surface area contributed by atoms with Gasteiger partial charge in [-0.2, -0.15) is 0 Å². The maximum Gasteiger partial charge on any atom is 0.334 e. The molecule has 0 aromatic rings. The molecule has 2 aliphatic rings. The first-order chi connectivity index (χ1) is 12.3. The highest BCUT2D eigenvalue weighted by atomic mass is 16.6. The lowest BCUT2D eigenvalue weighted by molar-refractivity contribution is -0.147. The molecule has 0 bridgehead atoms. The van der Waals surface area contributed by atoms with Crippen LogP contribution in [0.25, 0.3) is 0 Å². The van der Waals surface area contributed by atoms with Crippen LogP contribution in [0.2, 0.25) is 0 Å². The van der Waals surface area contributed by atoms with Gasteiger partial charge in [-0.1, -0.05) is 24.3 Å². The molecule has 1 heterocycles. The Hall–Kier alpha value is -2.18. The molecule has 0 amide bonds. The van der Waals surface area contributed by atoms with Gasteiger partial charge in [-0.25, -0.2) is 9.59 Å². The Balaban J connectivity index is 2.45. The van der Waals surface area contributed by atoms with Crippen LogP contribution in [0.4, 0.5) is 0 Å². The van der Waals surface area contributed by atoms with Crippen molar-refractivity contribution >= 4 is 11.9 Å². The zero-order valence-corrected chi connectivity index (χ0v) is 15.4. The number of allylic oxidation sites excluding steroid dienone is 1. The molecule has 1 aliphatic carbocycles. The smallest absolute Gasteiger partial charge is 0.334 e. The minimum absolute atomic E-state index is 0.181. The van der Waals surface area contributed by atoms with E-state index < -0.39 is 36.2 Å². The van der Waals surface area contributed by atoms with Gasteiger partial charge in [0.25, 0.3) is 0 Å². The molecule has 0 radical (unpaired) electrons. The molecule has 6 heteroatoms. The Bertz CT molecular complexity index is 684. The summed E-state index contributed by atoms with van der Waals surface area (Å²) in [5, 5.41) is 19.8. The van der Waals surface area contributed by atoms with E-state index in [1.165, 1.54) is 0 Å². The first-order valence-corrected chi connectivity index (χ1v) is 8.66. The van der Waals surface area contributed by atoms with Crippen LogP contribution in [0.3, 0.4) is 0 Å². The van der Waals surface area contributed by atoms with Crippen LogP contribution in [-0.4, -0.2) is 47.1 Å². The van der Waals surface area contributed by atoms with E-state index in [1.54, 1.807) is 32.1 Å². The monoisotopic (exact) mass is 362 g/mol. The molecule has 2 rings (SSSR count). The van der Waals surface area contributed by atoms with Gasteiger partial charge in [0.05, 0.1) is 18.6 Å². The predicted molar refractivity (Wildman–Crippen MR) is 96.0 cm³/mol. The SMILES string of the molecule is C=C1C(=O)OC2/C=C(/C)CC(O)/C=C(/CO)CC(OC(=O)/C(C)=C/C)C12. The number of ether oxygens (including phenoxy) is 2. The third kappa shape index (κ3) is 4.51. The number of aliphatic hydroxyl groups excluding tert-OH is 2. The minimum Gasteiger partial charge on any atom is -0.458 e. The summed E-state index contributed by atoms with van der Waals surface area (Å²) in [5.74, 6) is -1.57. The number of fused-ring (bicyclic) bond motifs is 1. The first-order valence-electron chi connectivity index (χ1n) is 8.66. The normalized spacial score (nSPS) is 34.1. The number of esters is 2. The van der Waals surface area contributed by atoms with E-state index in [2.05, 4.69) is 6.58 Å². The van der Waals surface area contributed by atoms with Gasteiger partial charge in [0.1, 0.15) is 12.2 Å². The molecule has 0 spiro atoms. The van der Waals surface area contributed by atoms with Gasteiger partial charge in [-0.3, -0.25) is 0 Å². The molecule has 0 saturated carbocycles. The maximum atomic E-state index is 12.3. The van der Waals surface area contributed by atoms with Gasteiger partial charge in [-0.05, 0) is 38.8 Å². The van der Waals surface area contributed by atoms with E-state index in [-0.39, 0.29) is 18.6 Å². The summed E-state index contributed by atoms with van der Waals surface area (Å²) in [6.07, 6.45) is 3.38. The molecule has 0 aromatic carbocycles. The van der Waals surface area contributed by atoms with Gasteiger partial charge in [0.15, 0.2) is 0 Å². The van der Waals surface area contributed by atoms with E-state index in [0.717, 1.165) is 5.57 Å². The van der Waals surface area contributed by atoms with Crippen LogP contribution in [0.1, 0.15) is 33.6 Å². The zero-order chi connectivity index (χ0) is 19.4. The molecule has 4 atom stereocenters. The van der Waals surface area contributed by atoms with Crippen LogP contribution in [0.5, 0.6) is 0 Å². The molecule has 6 nitrogen and oxygen atoms in total. The van der Waals surface area contributed by atoms with Crippen LogP contribution in [0, 0.1) is 5.92 Å². The van der Waals surface area contributed by atoms with Crippen LogP contribution in [0.15, 0.2) is 47.1 Å². The number of carbonyl (C=O) groups is 2. The standard InChI is InChI=1S/C20H26O6/c1-5-12(3)19(23)25-17-9-14(10-21)8-15(22)6-11(2)7-16-18(17)13(4)20(24)26-16/h5,7-8,15-18,21-22H,4,6,9-10H2,1-3H3/b11-7-,12-5+,14-8+. The molecular weight excluding hydrogens is 336 g/mol. The molecule has 142 valence electrons. The van der Waals surface area contributed by atoms with E-state index >= 15 is 0 Å². The second-order valence-electron chi connectivity index (χ2n) is 6.81. The van der Waals surface area contributed by atoms with E-state index in [4.69, 9.17) is 9.47 Å². The van der Waals surface area contributed by atoms with Gasteiger partial charge in [-0.15, -0.1) is 0 Å². The molecule has 0 aromatic heterocycles. The second-order valence-corrected chi connectivity index (χ2v) is 6.81. The Kier molecular flexibility index (Phi) is 6.56. The van der Waals surface area contributed by atoms with Crippen molar-refractivity contribution in [3.8, 4) is 0 Å². The number of rotatable bonds is 3. The largest absolute Gasteiger partial charge is 0.458 e. The van der Waals surface area contributed by atoms with Crippen molar-refractivity contribution in [2.45, 2.75) is 51.9 Å². The van der Waals surface area contributed by atoms with Gasteiger partial charge >= 0.3 is 11.9 Å². The van der Waals surface area contributed by atoms with Crippen molar-refractivity contribution in [2.24, 2.45) is 5.92 Å². The third-order valence-electron chi connectivity index (χ3n) is 4.75. The van der Waals surface area contributed by atoms with Crippen molar-refractivity contribution in [3.05, 3.63) is 47.1 Å². The number of carbonyl (C=O) groups excluding carboxylic acids is 2. The van der Waals surface area contributed by atoms with Crippen molar-refractivity contribution in [1.29, 1.82) is 0 Å². The van der Waals surface area contributed by atoms with E-state index in [0.29, 0.717) is 17.6 Å². The lowest BCUT2D eigenvalue weighted by atomic mass is 9.85. The van der Waals surface area contributed by atoms with Gasteiger partial charge in [0, 0.05) is 17.6 Å². The van der Waals surface area contributed by atoms with Crippen LogP contribution in [-0.2, 0) is 19.1 Å². The summed E-state index contributed by atoms with van der Waals surface area (Å²) in [6.45, 7) is 8.74. The Morgan fingerprint density at radius 1 is 1.42 bits per heavy atom. The molecule has 4 unspecified atom stereocenters. The summed E-state index contributed by atoms with van der Waals surface area (Å²) in [7, 11) is 0. The quantitative estimate of drug-likeness (QED) is 0.453. The fraction of sp³-hybridized carbons (Fsp3) is 0.500. The molecule has 1 aliphatic heterocycles. The van der Waals surface area contributed by atoms with Crippen LogP contribution >= 0.6 is 0 Å². The fourth-order valence-electron chi connectivity index (χ4n) is 3.22. The highest BCUT2D eigenvalue weighted by Gasteiger charge is 2.44. The third-order valence-corrected chi connectivity index (χ3v) is 4.75. The summed E-state index contributed by atoms with van der Waals surface area (Å²) < 4.78 is 11.0. The molecule has 1 saturated heterocycles. The summed E-state index contributed by atoms with van der Waals surface area (Å²) >= 11 is 0. The lowest BCUT2D eigenvalue weighted by Gasteiger charge is -2.28. The van der Waals surface area contributed by atoms with Gasteiger partial charge < -0.3 is 19.7 Å². The molecule has 1 fully saturated rings. The van der Waals surface area contributed by atoms with Crippen LogP contribution < -0.4 is 0 Å². The average Bonchev–Trinajstić information content (AvgIpc) is 2.85. The summed E-state index contributed by atoms with van der Waals surface area (Å²) in [6, 6.07) is 0. The van der Waals surface area contributed by atoms with Crippen molar-refractivity contribution in [2.75, 3.05) is 6.61 Å². The highest BCUT2D eigenvalue weighted by Crippen LogP contribution is 2.36. The number of hydrogen-bond acceptors (Lipinski definition) is 6. The lowest BCUT2D eigenvalue weighted by Crippen LogP contribution is -2.34.